The monoisotopic (exact) mass is 430 g/mol. The number of rotatable bonds is 6. The minimum absolute atomic E-state index is 0.0957. The number of ether oxygens (including phenoxy) is 2. The number of piperidine rings is 1. The van der Waals surface area contributed by atoms with Crippen LogP contribution in [0.5, 0.6) is 5.75 Å². The number of hydrogen-bond acceptors (Lipinski definition) is 6. The topological polar surface area (TPSA) is 85.8 Å². The van der Waals surface area contributed by atoms with E-state index < -0.39 is 9.84 Å². The van der Waals surface area contributed by atoms with Gasteiger partial charge in [-0.05, 0) is 49.9 Å². The lowest BCUT2D eigenvalue weighted by molar-refractivity contribution is 0.0779. The van der Waals surface area contributed by atoms with Crippen molar-refractivity contribution in [1.29, 1.82) is 0 Å². The van der Waals surface area contributed by atoms with Crippen LogP contribution in [0.25, 0.3) is 11.3 Å². The van der Waals surface area contributed by atoms with E-state index in [9.17, 15) is 13.2 Å². The molecule has 7 nitrogen and oxygen atoms in total. The maximum absolute atomic E-state index is 12.0. The first-order valence-electron chi connectivity index (χ1n) is 10.1. The van der Waals surface area contributed by atoms with Crippen molar-refractivity contribution in [2.24, 2.45) is 17.8 Å². The van der Waals surface area contributed by atoms with Crippen molar-refractivity contribution in [1.82, 2.24) is 9.88 Å². The van der Waals surface area contributed by atoms with Crippen LogP contribution >= 0.6 is 0 Å². The maximum Gasteiger partial charge on any atom is 0.410 e. The standard InChI is InChI=1S/C22H26N2O5S/c1-14(2)29-22(25)24-11-18-19(12-24)20(18)13-28-16-6-9-21(23-10-16)15-4-7-17(8-5-15)30(3,26)27/h4-10,14,18-20H,11-13H2,1-3H3. The second-order valence-electron chi connectivity index (χ2n) is 8.32. The lowest BCUT2D eigenvalue weighted by Gasteiger charge is -2.20. The van der Waals surface area contributed by atoms with Crippen molar-refractivity contribution in [3.05, 3.63) is 42.6 Å². The zero-order valence-electron chi connectivity index (χ0n) is 17.3. The summed E-state index contributed by atoms with van der Waals surface area (Å²) in [7, 11) is -3.21. The van der Waals surface area contributed by atoms with E-state index in [1.807, 2.05) is 26.0 Å². The molecular formula is C22H26N2O5S. The van der Waals surface area contributed by atoms with Gasteiger partial charge in [0.2, 0.25) is 0 Å². The molecule has 1 aromatic heterocycles. The van der Waals surface area contributed by atoms with E-state index in [1.54, 1.807) is 35.4 Å². The van der Waals surface area contributed by atoms with Gasteiger partial charge < -0.3 is 14.4 Å². The van der Waals surface area contributed by atoms with Gasteiger partial charge >= 0.3 is 6.09 Å². The number of fused-ring (bicyclic) bond motifs is 1. The van der Waals surface area contributed by atoms with Gasteiger partial charge in [0.15, 0.2) is 9.84 Å². The molecule has 1 amide bonds. The average molecular weight is 431 g/mol. The molecule has 0 radical (unpaired) electrons. The van der Waals surface area contributed by atoms with Gasteiger partial charge in [-0.15, -0.1) is 0 Å². The fraction of sp³-hybridized carbons (Fsp3) is 0.455. The Kier molecular flexibility index (Phi) is 5.44. The predicted octanol–water partition coefficient (Wildman–Crippen LogP) is 3.25. The molecule has 1 saturated heterocycles. The molecule has 1 aliphatic carbocycles. The molecule has 4 rings (SSSR count). The van der Waals surface area contributed by atoms with Crippen LogP contribution in [0.15, 0.2) is 47.5 Å². The van der Waals surface area contributed by atoms with Crippen molar-refractivity contribution < 1.29 is 22.7 Å². The SMILES string of the molecule is CC(C)OC(=O)N1CC2C(COc3ccc(-c4ccc(S(C)(=O)=O)cc4)nc3)C2C1. The van der Waals surface area contributed by atoms with Crippen molar-refractivity contribution >= 4 is 15.9 Å². The smallest absolute Gasteiger partial charge is 0.410 e. The molecule has 0 spiro atoms. The molecule has 30 heavy (non-hydrogen) atoms. The van der Waals surface area contributed by atoms with Crippen molar-refractivity contribution in [2.45, 2.75) is 24.8 Å². The van der Waals surface area contributed by atoms with Crippen LogP contribution in [0, 0.1) is 17.8 Å². The minimum atomic E-state index is -3.21. The third-order valence-corrected chi connectivity index (χ3v) is 6.85. The number of benzene rings is 1. The van der Waals surface area contributed by atoms with E-state index in [1.165, 1.54) is 6.26 Å². The molecule has 0 bridgehead atoms. The quantitative estimate of drug-likeness (QED) is 0.699. The Hall–Kier alpha value is -2.61. The van der Waals surface area contributed by atoms with Gasteiger partial charge in [-0.25, -0.2) is 13.2 Å². The lowest BCUT2D eigenvalue weighted by atomic mass is 10.1. The zero-order valence-corrected chi connectivity index (χ0v) is 18.1. The van der Waals surface area contributed by atoms with Crippen LogP contribution in [-0.2, 0) is 14.6 Å². The molecule has 2 unspecified atom stereocenters. The molecule has 2 aliphatic rings. The first-order chi connectivity index (χ1) is 14.2. The summed E-state index contributed by atoms with van der Waals surface area (Å²) in [6, 6.07) is 10.4. The molecule has 2 aromatic rings. The Labute approximate surface area is 176 Å². The highest BCUT2D eigenvalue weighted by Crippen LogP contribution is 2.51. The van der Waals surface area contributed by atoms with Gasteiger partial charge in [0, 0.05) is 30.8 Å². The third-order valence-electron chi connectivity index (χ3n) is 5.72. The van der Waals surface area contributed by atoms with Gasteiger partial charge in [-0.3, -0.25) is 4.98 Å². The normalized spacial score (nSPS) is 22.7. The highest BCUT2D eigenvalue weighted by Gasteiger charge is 2.57. The van der Waals surface area contributed by atoms with Crippen LogP contribution in [-0.4, -0.2) is 56.5 Å². The summed E-state index contributed by atoms with van der Waals surface area (Å²) in [5.74, 6) is 2.15. The molecule has 160 valence electrons. The van der Waals surface area contributed by atoms with Crippen molar-refractivity contribution in [3.63, 3.8) is 0 Å². The molecular weight excluding hydrogens is 404 g/mol. The van der Waals surface area contributed by atoms with E-state index in [0.717, 1.165) is 24.3 Å². The van der Waals surface area contributed by atoms with Crippen LogP contribution in [0.2, 0.25) is 0 Å². The van der Waals surface area contributed by atoms with Gasteiger partial charge in [0.1, 0.15) is 5.75 Å². The number of aromatic nitrogens is 1. The molecule has 1 aromatic carbocycles. The maximum atomic E-state index is 12.0. The predicted molar refractivity (Wildman–Crippen MR) is 112 cm³/mol. The number of hydrogen-bond donors (Lipinski definition) is 0. The summed E-state index contributed by atoms with van der Waals surface area (Å²) in [6.07, 6.45) is 2.56. The number of nitrogens with zero attached hydrogens (tertiary/aromatic N) is 2. The minimum Gasteiger partial charge on any atom is -0.492 e. The Morgan fingerprint density at radius 2 is 1.80 bits per heavy atom. The number of carbonyl (C=O) groups excluding carboxylic acids is 1. The van der Waals surface area contributed by atoms with E-state index in [4.69, 9.17) is 9.47 Å². The first kappa shape index (κ1) is 20.7. The lowest BCUT2D eigenvalue weighted by Crippen LogP contribution is -2.34. The molecule has 1 saturated carbocycles. The second-order valence-corrected chi connectivity index (χ2v) is 10.3. The highest BCUT2D eigenvalue weighted by molar-refractivity contribution is 7.90. The van der Waals surface area contributed by atoms with Gasteiger partial charge in [-0.2, -0.15) is 0 Å². The summed E-state index contributed by atoms with van der Waals surface area (Å²) in [4.78, 5) is 18.5. The Morgan fingerprint density at radius 1 is 1.13 bits per heavy atom. The molecule has 2 heterocycles. The molecule has 2 atom stereocenters. The van der Waals surface area contributed by atoms with Gasteiger partial charge in [-0.1, -0.05) is 12.1 Å². The fourth-order valence-electron chi connectivity index (χ4n) is 4.02. The van der Waals surface area contributed by atoms with E-state index in [2.05, 4.69) is 4.98 Å². The molecule has 1 aliphatic heterocycles. The van der Waals surface area contributed by atoms with Gasteiger partial charge in [0.25, 0.3) is 0 Å². The number of amides is 1. The highest BCUT2D eigenvalue weighted by atomic mass is 32.2. The number of carbonyl (C=O) groups is 1. The second kappa shape index (κ2) is 7.91. The van der Waals surface area contributed by atoms with E-state index in [-0.39, 0.29) is 17.1 Å². The Bertz CT molecular complexity index is 1010. The summed E-state index contributed by atoms with van der Waals surface area (Å²) in [5.41, 5.74) is 1.60. The van der Waals surface area contributed by atoms with Crippen LogP contribution in [0.1, 0.15) is 13.8 Å². The Morgan fingerprint density at radius 3 is 2.33 bits per heavy atom. The first-order valence-corrected chi connectivity index (χ1v) is 12.0. The van der Waals surface area contributed by atoms with Crippen LogP contribution in [0.4, 0.5) is 4.79 Å². The number of sulfone groups is 1. The number of pyridine rings is 1. The largest absolute Gasteiger partial charge is 0.492 e. The average Bonchev–Trinajstić information content (AvgIpc) is 3.14. The molecule has 0 N–H and O–H groups in total. The summed E-state index contributed by atoms with van der Waals surface area (Å²) >= 11 is 0. The van der Waals surface area contributed by atoms with E-state index >= 15 is 0 Å². The summed E-state index contributed by atoms with van der Waals surface area (Å²) < 4.78 is 34.3. The third kappa shape index (κ3) is 4.43. The van der Waals surface area contributed by atoms with Crippen LogP contribution in [0.3, 0.4) is 0 Å². The number of likely N-dealkylation sites (tertiary alicyclic amines) is 1. The van der Waals surface area contributed by atoms with Crippen LogP contribution < -0.4 is 4.74 Å². The van der Waals surface area contributed by atoms with Gasteiger partial charge in [0.05, 0.1) is 29.5 Å². The molecule has 8 heteroatoms. The molecule has 2 fully saturated rings. The Balaban J connectivity index is 1.27. The zero-order chi connectivity index (χ0) is 21.5. The fourth-order valence-corrected chi connectivity index (χ4v) is 4.65. The van der Waals surface area contributed by atoms with Crippen molar-refractivity contribution in [3.8, 4) is 17.0 Å². The van der Waals surface area contributed by atoms with Crippen molar-refractivity contribution in [2.75, 3.05) is 26.0 Å². The summed E-state index contributed by atoms with van der Waals surface area (Å²) in [5, 5.41) is 0. The summed E-state index contributed by atoms with van der Waals surface area (Å²) in [6.45, 7) is 5.81. The van der Waals surface area contributed by atoms with E-state index in [0.29, 0.717) is 30.1 Å².